The van der Waals surface area contributed by atoms with Crippen molar-refractivity contribution in [3.8, 4) is 0 Å². The first-order valence-electron chi connectivity index (χ1n) is 8.76. The van der Waals surface area contributed by atoms with Crippen LogP contribution in [0.1, 0.15) is 48.6 Å². The number of hydrogen-bond donors (Lipinski definition) is 0. The summed E-state index contributed by atoms with van der Waals surface area (Å²) >= 11 is 0. The van der Waals surface area contributed by atoms with Gasteiger partial charge in [-0.3, -0.25) is 4.79 Å². The molecule has 0 fully saturated rings. The van der Waals surface area contributed by atoms with Gasteiger partial charge in [0.1, 0.15) is 29.0 Å². The number of methoxy groups -OCH3 is 1. The fraction of sp³-hybridized carbons (Fsp3) is 0.381. The molecule has 0 saturated carbocycles. The summed E-state index contributed by atoms with van der Waals surface area (Å²) in [6.45, 7) is 7.54. The van der Waals surface area contributed by atoms with Crippen molar-refractivity contribution in [3.05, 3.63) is 52.5 Å². The summed E-state index contributed by atoms with van der Waals surface area (Å²) in [6.07, 6.45) is 3.74. The molecule has 0 amide bonds. The molecular formula is C21H22O6. The first-order valence-corrected chi connectivity index (χ1v) is 8.76. The van der Waals surface area contributed by atoms with Gasteiger partial charge in [-0.05, 0) is 32.1 Å². The van der Waals surface area contributed by atoms with E-state index in [0.717, 1.165) is 5.57 Å². The molecule has 2 aliphatic heterocycles. The van der Waals surface area contributed by atoms with E-state index >= 15 is 0 Å². The highest BCUT2D eigenvalue weighted by Crippen LogP contribution is 2.30. The number of rotatable bonds is 2. The van der Waals surface area contributed by atoms with E-state index in [4.69, 9.17) is 13.9 Å². The van der Waals surface area contributed by atoms with Crippen molar-refractivity contribution in [3.63, 3.8) is 0 Å². The molecule has 4 bridgehead atoms. The Morgan fingerprint density at radius 2 is 2.04 bits per heavy atom. The van der Waals surface area contributed by atoms with Crippen LogP contribution in [0.5, 0.6) is 0 Å². The molecule has 0 spiro atoms. The van der Waals surface area contributed by atoms with E-state index in [9.17, 15) is 14.4 Å². The molecule has 3 rings (SSSR count). The molecule has 3 heterocycles. The number of ketones is 1. The predicted molar refractivity (Wildman–Crippen MR) is 97.9 cm³/mol. The Morgan fingerprint density at radius 1 is 1.30 bits per heavy atom. The first-order chi connectivity index (χ1) is 12.8. The van der Waals surface area contributed by atoms with E-state index in [2.05, 4.69) is 6.58 Å². The van der Waals surface area contributed by atoms with Gasteiger partial charge in [-0.1, -0.05) is 17.7 Å². The molecule has 0 unspecified atom stereocenters. The number of Topliss-reactive ketones (excluding diaryl/α,β-unsaturated/α-hetero) is 1. The van der Waals surface area contributed by atoms with E-state index in [0.29, 0.717) is 34.7 Å². The zero-order valence-electron chi connectivity index (χ0n) is 15.7. The third kappa shape index (κ3) is 3.94. The average Bonchev–Trinajstić information content (AvgIpc) is 3.14. The van der Waals surface area contributed by atoms with Crippen LogP contribution in [-0.2, 0) is 25.5 Å². The van der Waals surface area contributed by atoms with Crippen molar-refractivity contribution in [2.75, 3.05) is 7.11 Å². The molecule has 142 valence electrons. The lowest BCUT2D eigenvalue weighted by molar-refractivity contribution is -0.140. The molecule has 27 heavy (non-hydrogen) atoms. The van der Waals surface area contributed by atoms with E-state index in [-0.39, 0.29) is 18.6 Å². The molecule has 0 radical (unpaired) electrons. The van der Waals surface area contributed by atoms with Crippen LogP contribution in [0, 0.1) is 5.92 Å². The van der Waals surface area contributed by atoms with E-state index in [1.54, 1.807) is 25.1 Å². The Hall–Kier alpha value is -2.89. The fourth-order valence-electron chi connectivity index (χ4n) is 3.40. The molecule has 0 aromatic carbocycles. The number of carbonyl (C=O) groups is 3. The van der Waals surface area contributed by atoms with Crippen molar-refractivity contribution < 1.29 is 28.3 Å². The normalized spacial score (nSPS) is 22.6. The fourth-order valence-corrected chi connectivity index (χ4v) is 3.40. The molecule has 2 atom stereocenters. The third-order valence-corrected chi connectivity index (χ3v) is 4.79. The standard InChI is InChI=1S/C21H22O6/c1-11(2)16-10-19-17(21(24)25-4)9-15(26-19)6-12(3)5-14-7-13(8-18(16)22)20(23)27-14/h6-7,9,14,16H,1,5,8,10H2,2-4H3/t14-,16-/m0/s1. The summed E-state index contributed by atoms with van der Waals surface area (Å²) in [5.74, 6) is -0.847. The smallest absolute Gasteiger partial charge is 0.341 e. The van der Waals surface area contributed by atoms with Crippen molar-refractivity contribution in [1.82, 2.24) is 0 Å². The molecule has 6 heteroatoms. The minimum Gasteiger partial charge on any atom is -0.465 e. The van der Waals surface area contributed by atoms with Crippen LogP contribution in [0.3, 0.4) is 0 Å². The third-order valence-electron chi connectivity index (χ3n) is 4.79. The summed E-state index contributed by atoms with van der Waals surface area (Å²) < 4.78 is 16.0. The highest BCUT2D eigenvalue weighted by atomic mass is 16.5. The molecule has 2 aliphatic rings. The lowest BCUT2D eigenvalue weighted by Crippen LogP contribution is -2.21. The number of esters is 2. The SMILES string of the molecule is C=C(C)[C@@H]1Cc2oc(cc2C(=O)OC)C=C(C)C[C@H]2C=C(CC1=O)C(=O)O2. The molecule has 1 aromatic heterocycles. The largest absolute Gasteiger partial charge is 0.465 e. The maximum absolute atomic E-state index is 12.8. The quantitative estimate of drug-likeness (QED) is 0.586. The van der Waals surface area contributed by atoms with Crippen molar-refractivity contribution in [2.24, 2.45) is 5.92 Å². The maximum Gasteiger partial charge on any atom is 0.341 e. The van der Waals surface area contributed by atoms with Gasteiger partial charge in [0, 0.05) is 30.8 Å². The molecule has 0 saturated heterocycles. The lowest BCUT2D eigenvalue weighted by atomic mass is 9.88. The van der Waals surface area contributed by atoms with Gasteiger partial charge in [0.05, 0.1) is 7.11 Å². The number of hydrogen-bond acceptors (Lipinski definition) is 6. The second kappa shape index (κ2) is 7.39. The van der Waals surface area contributed by atoms with Crippen LogP contribution in [0.25, 0.3) is 6.08 Å². The van der Waals surface area contributed by atoms with E-state index in [1.807, 2.05) is 6.92 Å². The van der Waals surface area contributed by atoms with E-state index in [1.165, 1.54) is 7.11 Å². The maximum atomic E-state index is 12.8. The van der Waals surface area contributed by atoms with Crippen LogP contribution < -0.4 is 0 Å². The Balaban J connectivity index is 2.08. The minimum absolute atomic E-state index is 0.0310. The van der Waals surface area contributed by atoms with Gasteiger partial charge in [-0.15, -0.1) is 0 Å². The number of ether oxygens (including phenoxy) is 2. The molecule has 0 N–H and O–H groups in total. The number of fused-ring (bicyclic) bond motifs is 3. The highest BCUT2D eigenvalue weighted by Gasteiger charge is 2.32. The summed E-state index contributed by atoms with van der Waals surface area (Å²) in [6, 6.07) is 1.61. The van der Waals surface area contributed by atoms with Crippen LogP contribution in [0.4, 0.5) is 0 Å². The second-order valence-corrected chi connectivity index (χ2v) is 7.05. The number of allylic oxidation sites excluding steroid dienone is 1. The summed E-state index contributed by atoms with van der Waals surface area (Å²) in [4.78, 5) is 37.1. The van der Waals surface area contributed by atoms with Crippen LogP contribution in [0.2, 0.25) is 0 Å². The Morgan fingerprint density at radius 3 is 2.70 bits per heavy atom. The Bertz CT molecular complexity index is 882. The molecule has 1 aromatic rings. The van der Waals surface area contributed by atoms with Gasteiger partial charge in [0.2, 0.25) is 0 Å². The Kier molecular flexibility index (Phi) is 5.17. The van der Waals surface area contributed by atoms with Gasteiger partial charge in [-0.25, -0.2) is 9.59 Å². The number of carbonyl (C=O) groups excluding carboxylic acids is 3. The summed E-state index contributed by atoms with van der Waals surface area (Å²) in [5.41, 5.74) is 2.22. The van der Waals surface area contributed by atoms with E-state index < -0.39 is 24.0 Å². The van der Waals surface area contributed by atoms with Crippen molar-refractivity contribution >= 4 is 23.8 Å². The monoisotopic (exact) mass is 370 g/mol. The van der Waals surface area contributed by atoms with Crippen LogP contribution >= 0.6 is 0 Å². The molecular weight excluding hydrogens is 348 g/mol. The first kappa shape index (κ1) is 18.9. The van der Waals surface area contributed by atoms with Crippen molar-refractivity contribution in [2.45, 2.75) is 39.2 Å². The molecule has 0 aliphatic carbocycles. The molecule has 6 nitrogen and oxygen atoms in total. The Labute approximate surface area is 157 Å². The predicted octanol–water partition coefficient (Wildman–Crippen LogP) is 3.42. The van der Waals surface area contributed by atoms with Gasteiger partial charge in [0.25, 0.3) is 0 Å². The van der Waals surface area contributed by atoms with Gasteiger partial charge >= 0.3 is 11.9 Å². The van der Waals surface area contributed by atoms with Crippen LogP contribution in [0.15, 0.2) is 39.9 Å². The van der Waals surface area contributed by atoms with Gasteiger partial charge in [-0.2, -0.15) is 0 Å². The van der Waals surface area contributed by atoms with Gasteiger partial charge in [0.15, 0.2) is 0 Å². The summed E-state index contributed by atoms with van der Waals surface area (Å²) in [7, 11) is 1.30. The zero-order chi connectivity index (χ0) is 19.7. The topological polar surface area (TPSA) is 82.8 Å². The van der Waals surface area contributed by atoms with Crippen LogP contribution in [-0.4, -0.2) is 30.9 Å². The highest BCUT2D eigenvalue weighted by molar-refractivity contribution is 5.99. The lowest BCUT2D eigenvalue weighted by Gasteiger charge is -2.15. The average molecular weight is 370 g/mol. The van der Waals surface area contributed by atoms with Gasteiger partial charge < -0.3 is 13.9 Å². The second-order valence-electron chi connectivity index (χ2n) is 7.05. The number of furan rings is 1. The zero-order valence-corrected chi connectivity index (χ0v) is 15.7. The van der Waals surface area contributed by atoms with Crippen molar-refractivity contribution in [1.29, 1.82) is 0 Å². The minimum atomic E-state index is -0.578. The summed E-state index contributed by atoms with van der Waals surface area (Å²) in [5, 5.41) is 0.